The molecule has 33 heavy (non-hydrogen) atoms. The van der Waals surface area contributed by atoms with Crippen molar-refractivity contribution in [1.82, 2.24) is 0 Å². The molecule has 0 aliphatic heterocycles. The van der Waals surface area contributed by atoms with E-state index in [1.807, 2.05) is 0 Å². The van der Waals surface area contributed by atoms with Gasteiger partial charge in [-0.2, -0.15) is 0 Å². The van der Waals surface area contributed by atoms with Crippen LogP contribution in [0.25, 0.3) is 54.9 Å². The molecule has 6 aromatic carbocycles. The number of aryl methyl sites for hydroxylation is 1. The van der Waals surface area contributed by atoms with E-state index in [0.29, 0.717) is 0 Å². The monoisotopic (exact) mass is 420 g/mol. The highest BCUT2D eigenvalue weighted by atomic mass is 14.2. The first kappa shape index (κ1) is 19.5. The zero-order valence-corrected chi connectivity index (χ0v) is 18.6. The van der Waals surface area contributed by atoms with Crippen LogP contribution in [0.3, 0.4) is 0 Å². The Labute approximate surface area is 194 Å². The minimum Gasteiger partial charge on any atom is -0.0622 e. The number of rotatable bonds is 3. The normalized spacial score (nSPS) is 11.2. The first-order chi connectivity index (χ1) is 16.3. The van der Waals surface area contributed by atoms with Gasteiger partial charge in [0.05, 0.1) is 0 Å². The molecule has 0 heteroatoms. The van der Waals surface area contributed by atoms with Gasteiger partial charge in [-0.1, -0.05) is 109 Å². The Morgan fingerprint density at radius 1 is 0.394 bits per heavy atom. The summed E-state index contributed by atoms with van der Waals surface area (Å²) in [6.07, 6.45) is 0. The van der Waals surface area contributed by atoms with Gasteiger partial charge < -0.3 is 0 Å². The molecular weight excluding hydrogens is 396 g/mol. The van der Waals surface area contributed by atoms with Crippen LogP contribution < -0.4 is 0 Å². The van der Waals surface area contributed by atoms with Gasteiger partial charge in [0.1, 0.15) is 0 Å². The summed E-state index contributed by atoms with van der Waals surface area (Å²) in [5.41, 5.74) is 8.90. The van der Waals surface area contributed by atoms with Gasteiger partial charge >= 0.3 is 0 Å². The number of hydrogen-bond donors (Lipinski definition) is 0. The molecule has 156 valence electrons. The van der Waals surface area contributed by atoms with Crippen LogP contribution in [0, 0.1) is 6.92 Å². The molecule has 0 atom stereocenters. The van der Waals surface area contributed by atoms with E-state index in [9.17, 15) is 0 Å². The largest absolute Gasteiger partial charge is 0.0622 e. The molecule has 0 radical (unpaired) electrons. The molecule has 6 rings (SSSR count). The Morgan fingerprint density at radius 2 is 0.879 bits per heavy atom. The maximum atomic E-state index is 2.35. The van der Waals surface area contributed by atoms with Gasteiger partial charge in [0.25, 0.3) is 0 Å². The topological polar surface area (TPSA) is 0 Å². The quantitative estimate of drug-likeness (QED) is 0.250. The Bertz CT molecular complexity index is 1490. The standard InChI is InChI=1S/C33H24/c1-23-10-8-9-15-30(23)33-31-18-16-26(24-11-4-2-5-12-24)20-28(31)22-29-21-27(17-19-32(29)33)25-13-6-3-7-14-25/h2-22H,1H3. The van der Waals surface area contributed by atoms with Crippen molar-refractivity contribution in [2.45, 2.75) is 6.92 Å². The van der Waals surface area contributed by atoms with Gasteiger partial charge in [-0.05, 0) is 85.6 Å². The average Bonchev–Trinajstić information content (AvgIpc) is 2.88. The minimum atomic E-state index is 1.25. The van der Waals surface area contributed by atoms with E-state index in [2.05, 4.69) is 134 Å². The van der Waals surface area contributed by atoms with E-state index >= 15 is 0 Å². The van der Waals surface area contributed by atoms with E-state index in [4.69, 9.17) is 0 Å². The van der Waals surface area contributed by atoms with Crippen LogP contribution >= 0.6 is 0 Å². The molecule has 0 amide bonds. The van der Waals surface area contributed by atoms with Crippen LogP contribution in [0.2, 0.25) is 0 Å². The molecule has 0 saturated heterocycles. The lowest BCUT2D eigenvalue weighted by molar-refractivity contribution is 1.47. The van der Waals surface area contributed by atoms with E-state index in [1.165, 1.54) is 60.5 Å². The lowest BCUT2D eigenvalue weighted by Crippen LogP contribution is -1.90. The molecule has 0 unspecified atom stereocenters. The van der Waals surface area contributed by atoms with Gasteiger partial charge in [-0.3, -0.25) is 0 Å². The van der Waals surface area contributed by atoms with Crippen LogP contribution in [0.1, 0.15) is 5.56 Å². The second kappa shape index (κ2) is 8.07. The number of hydrogen-bond acceptors (Lipinski definition) is 0. The summed E-state index contributed by atoms with van der Waals surface area (Å²) in [7, 11) is 0. The number of fused-ring (bicyclic) bond motifs is 2. The zero-order valence-electron chi connectivity index (χ0n) is 18.6. The van der Waals surface area contributed by atoms with Crippen LogP contribution in [-0.2, 0) is 0 Å². The molecule has 6 aromatic rings. The molecule has 0 nitrogen and oxygen atoms in total. The molecule has 0 aliphatic rings. The summed E-state index contributed by atoms with van der Waals surface area (Å²) < 4.78 is 0. The van der Waals surface area contributed by atoms with Gasteiger partial charge in [-0.15, -0.1) is 0 Å². The van der Waals surface area contributed by atoms with Gasteiger partial charge in [0, 0.05) is 0 Å². The molecule has 0 saturated carbocycles. The lowest BCUT2D eigenvalue weighted by atomic mass is 9.88. The van der Waals surface area contributed by atoms with E-state index in [1.54, 1.807) is 0 Å². The van der Waals surface area contributed by atoms with Crippen molar-refractivity contribution in [1.29, 1.82) is 0 Å². The van der Waals surface area contributed by atoms with Crippen molar-refractivity contribution in [3.8, 4) is 33.4 Å². The molecule has 0 heterocycles. The SMILES string of the molecule is Cc1ccccc1-c1c2ccc(-c3ccccc3)cc2cc2cc(-c3ccccc3)ccc12. The molecule has 0 spiro atoms. The van der Waals surface area contributed by atoms with E-state index in [0.717, 1.165) is 0 Å². The van der Waals surface area contributed by atoms with Crippen molar-refractivity contribution in [2.24, 2.45) is 0 Å². The van der Waals surface area contributed by atoms with Crippen LogP contribution in [0.15, 0.2) is 127 Å². The second-order valence-corrected chi connectivity index (χ2v) is 8.67. The van der Waals surface area contributed by atoms with Crippen LogP contribution in [0.5, 0.6) is 0 Å². The van der Waals surface area contributed by atoms with Crippen molar-refractivity contribution in [2.75, 3.05) is 0 Å². The van der Waals surface area contributed by atoms with Crippen molar-refractivity contribution in [3.05, 3.63) is 133 Å². The Kier molecular flexibility index (Phi) is 4.78. The summed E-state index contributed by atoms with van der Waals surface area (Å²) in [5, 5.41) is 5.13. The van der Waals surface area contributed by atoms with Gasteiger partial charge in [0.2, 0.25) is 0 Å². The van der Waals surface area contributed by atoms with E-state index < -0.39 is 0 Å². The predicted octanol–water partition coefficient (Wildman–Crippen LogP) is 9.30. The second-order valence-electron chi connectivity index (χ2n) is 8.67. The molecule has 0 aromatic heterocycles. The number of benzene rings is 6. The van der Waals surface area contributed by atoms with Gasteiger partial charge in [0.15, 0.2) is 0 Å². The molecule has 0 bridgehead atoms. The van der Waals surface area contributed by atoms with E-state index in [-0.39, 0.29) is 0 Å². The highest BCUT2D eigenvalue weighted by Crippen LogP contribution is 2.40. The fourth-order valence-corrected chi connectivity index (χ4v) is 4.90. The first-order valence-corrected chi connectivity index (χ1v) is 11.5. The first-order valence-electron chi connectivity index (χ1n) is 11.5. The maximum absolute atomic E-state index is 2.35. The third kappa shape index (κ3) is 3.50. The molecule has 0 N–H and O–H groups in total. The van der Waals surface area contributed by atoms with Crippen molar-refractivity contribution in [3.63, 3.8) is 0 Å². The molecule has 0 aliphatic carbocycles. The third-order valence-corrected chi connectivity index (χ3v) is 6.58. The van der Waals surface area contributed by atoms with Crippen molar-refractivity contribution < 1.29 is 0 Å². The summed E-state index contributed by atoms with van der Waals surface area (Å²) >= 11 is 0. The lowest BCUT2D eigenvalue weighted by Gasteiger charge is -2.16. The minimum absolute atomic E-state index is 1.25. The fraction of sp³-hybridized carbons (Fsp3) is 0.0303. The van der Waals surface area contributed by atoms with Crippen LogP contribution in [0.4, 0.5) is 0 Å². The smallest absolute Gasteiger partial charge is 0.00241 e. The Balaban J connectivity index is 1.67. The molecular formula is C33H24. The predicted molar refractivity (Wildman–Crippen MR) is 142 cm³/mol. The summed E-state index contributed by atoms with van der Waals surface area (Å²) in [5.74, 6) is 0. The summed E-state index contributed by atoms with van der Waals surface area (Å²) in [6, 6.07) is 46.1. The maximum Gasteiger partial charge on any atom is -0.00241 e. The molecule has 0 fully saturated rings. The fourth-order valence-electron chi connectivity index (χ4n) is 4.90. The van der Waals surface area contributed by atoms with Crippen molar-refractivity contribution >= 4 is 21.5 Å². The van der Waals surface area contributed by atoms with Crippen LogP contribution in [-0.4, -0.2) is 0 Å². The third-order valence-electron chi connectivity index (χ3n) is 6.58. The average molecular weight is 421 g/mol. The highest BCUT2D eigenvalue weighted by Gasteiger charge is 2.13. The highest BCUT2D eigenvalue weighted by molar-refractivity contribution is 6.14. The summed E-state index contributed by atoms with van der Waals surface area (Å²) in [6.45, 7) is 2.21. The zero-order chi connectivity index (χ0) is 22.2. The Morgan fingerprint density at radius 3 is 1.39 bits per heavy atom. The Hall–Kier alpha value is -4.16. The summed E-state index contributed by atoms with van der Waals surface area (Å²) in [4.78, 5) is 0. The van der Waals surface area contributed by atoms with Gasteiger partial charge in [-0.25, -0.2) is 0 Å².